The van der Waals surface area contributed by atoms with Crippen LogP contribution in [0.1, 0.15) is 32.1 Å². The van der Waals surface area contributed by atoms with Gasteiger partial charge in [-0.15, -0.1) is 0 Å². The minimum absolute atomic E-state index is 0.0123. The van der Waals surface area contributed by atoms with Crippen molar-refractivity contribution >= 4 is 23.5 Å². The fourth-order valence-corrected chi connectivity index (χ4v) is 2.84. The summed E-state index contributed by atoms with van der Waals surface area (Å²) in [6.07, 6.45) is 7.91. The highest BCUT2D eigenvalue weighted by atomic mass is 16.2. The van der Waals surface area contributed by atoms with Crippen molar-refractivity contribution in [3.05, 3.63) is 12.4 Å². The Bertz CT molecular complexity index is 529. The first-order chi connectivity index (χ1) is 10.7. The van der Waals surface area contributed by atoms with Crippen LogP contribution in [-0.4, -0.2) is 41.4 Å². The van der Waals surface area contributed by atoms with Crippen molar-refractivity contribution in [1.82, 2.24) is 15.3 Å². The first-order valence-corrected chi connectivity index (χ1v) is 7.87. The van der Waals surface area contributed by atoms with Gasteiger partial charge < -0.3 is 15.5 Å². The van der Waals surface area contributed by atoms with Crippen LogP contribution >= 0.6 is 0 Å². The Hall–Kier alpha value is -2.18. The van der Waals surface area contributed by atoms with Crippen LogP contribution in [-0.2, 0) is 9.59 Å². The summed E-state index contributed by atoms with van der Waals surface area (Å²) in [6.45, 7) is 2.39. The van der Waals surface area contributed by atoms with Crippen molar-refractivity contribution in [2.45, 2.75) is 32.1 Å². The second kappa shape index (κ2) is 6.72. The summed E-state index contributed by atoms with van der Waals surface area (Å²) in [4.78, 5) is 34.1. The molecule has 22 heavy (non-hydrogen) atoms. The van der Waals surface area contributed by atoms with Gasteiger partial charge in [0.25, 0.3) is 0 Å². The molecule has 0 spiro atoms. The molecule has 0 bridgehead atoms. The number of carbonyl (C=O) groups is 2. The molecule has 2 aliphatic rings. The van der Waals surface area contributed by atoms with Crippen molar-refractivity contribution in [2.75, 3.05) is 29.9 Å². The fourth-order valence-electron chi connectivity index (χ4n) is 2.84. The van der Waals surface area contributed by atoms with Crippen LogP contribution in [0, 0.1) is 5.92 Å². The predicted molar refractivity (Wildman–Crippen MR) is 82.5 cm³/mol. The topological polar surface area (TPSA) is 87.2 Å². The summed E-state index contributed by atoms with van der Waals surface area (Å²) < 4.78 is 0. The normalized spacial score (nSPS) is 22.1. The molecule has 7 nitrogen and oxygen atoms in total. The summed E-state index contributed by atoms with van der Waals surface area (Å²) in [5, 5.41) is 5.54. The summed E-state index contributed by atoms with van der Waals surface area (Å²) in [5.41, 5.74) is 0.600. The fraction of sp³-hybridized carbons (Fsp3) is 0.600. The third-order valence-electron chi connectivity index (χ3n) is 4.18. The monoisotopic (exact) mass is 303 g/mol. The molecule has 118 valence electrons. The first-order valence-electron chi connectivity index (χ1n) is 7.87. The van der Waals surface area contributed by atoms with Crippen LogP contribution < -0.4 is 15.5 Å². The van der Waals surface area contributed by atoms with E-state index in [1.165, 1.54) is 19.3 Å². The van der Waals surface area contributed by atoms with Gasteiger partial charge in [-0.2, -0.15) is 0 Å². The minimum Gasteiger partial charge on any atom is -0.355 e. The maximum atomic E-state index is 12.1. The molecule has 0 aromatic carbocycles. The van der Waals surface area contributed by atoms with Gasteiger partial charge >= 0.3 is 0 Å². The van der Waals surface area contributed by atoms with E-state index < -0.39 is 0 Å². The molecule has 1 aromatic heterocycles. The van der Waals surface area contributed by atoms with Crippen LogP contribution in [0.5, 0.6) is 0 Å². The Morgan fingerprint density at radius 2 is 1.95 bits per heavy atom. The van der Waals surface area contributed by atoms with Crippen LogP contribution in [0.4, 0.5) is 11.6 Å². The largest absolute Gasteiger partial charge is 0.355 e. The van der Waals surface area contributed by atoms with E-state index in [4.69, 9.17) is 0 Å². The second-order valence-electron chi connectivity index (χ2n) is 5.85. The first kappa shape index (κ1) is 14.7. The van der Waals surface area contributed by atoms with Gasteiger partial charge in [-0.3, -0.25) is 9.59 Å². The number of hydrogen-bond acceptors (Lipinski definition) is 5. The number of carbonyl (C=O) groups excluding carboxylic acids is 2. The van der Waals surface area contributed by atoms with Gasteiger partial charge in [-0.25, -0.2) is 9.97 Å². The Balaban J connectivity index is 1.56. The van der Waals surface area contributed by atoms with Gasteiger partial charge in [0.05, 0.1) is 24.0 Å². The lowest BCUT2D eigenvalue weighted by molar-refractivity contribution is -0.126. The summed E-state index contributed by atoms with van der Waals surface area (Å²) >= 11 is 0. The van der Waals surface area contributed by atoms with Crippen LogP contribution in [0.3, 0.4) is 0 Å². The summed E-state index contributed by atoms with van der Waals surface area (Å²) in [6, 6.07) is 0. The lowest BCUT2D eigenvalue weighted by Gasteiger charge is -2.26. The van der Waals surface area contributed by atoms with Crippen molar-refractivity contribution in [1.29, 1.82) is 0 Å². The number of nitrogens with one attached hydrogen (secondary N) is 2. The Morgan fingerprint density at radius 3 is 2.59 bits per heavy atom. The lowest BCUT2D eigenvalue weighted by Crippen LogP contribution is -2.40. The van der Waals surface area contributed by atoms with Crippen LogP contribution in [0.2, 0.25) is 0 Å². The van der Waals surface area contributed by atoms with Gasteiger partial charge in [-0.05, 0) is 25.7 Å². The molecule has 1 aromatic rings. The molecular weight excluding hydrogens is 282 g/mol. The van der Waals surface area contributed by atoms with E-state index >= 15 is 0 Å². The minimum atomic E-state index is -0.181. The standard InChI is InChI=1S/C15H21N5O2/c21-13-5-4-11(8-16-13)14(22)19-12-9-17-15(18-10-12)20-6-2-1-3-7-20/h9-11H,1-8H2,(H,16,21)(H,19,22). The van der Waals surface area contributed by atoms with Crippen molar-refractivity contribution < 1.29 is 9.59 Å². The number of piperidine rings is 2. The zero-order chi connectivity index (χ0) is 15.4. The molecule has 2 fully saturated rings. The molecule has 1 unspecified atom stereocenters. The molecule has 1 atom stereocenters. The van der Waals surface area contributed by atoms with Gasteiger partial charge in [0.2, 0.25) is 17.8 Å². The quantitative estimate of drug-likeness (QED) is 0.867. The molecule has 3 heterocycles. The smallest absolute Gasteiger partial charge is 0.229 e. The maximum Gasteiger partial charge on any atom is 0.229 e. The molecule has 2 saturated heterocycles. The number of rotatable bonds is 3. The third-order valence-corrected chi connectivity index (χ3v) is 4.18. The molecule has 2 amide bonds. The Labute approximate surface area is 129 Å². The van der Waals surface area contributed by atoms with Gasteiger partial charge in [0, 0.05) is 26.1 Å². The van der Waals surface area contributed by atoms with Crippen molar-refractivity contribution in [2.24, 2.45) is 5.92 Å². The SMILES string of the molecule is O=C1CCC(C(=O)Nc2cnc(N3CCCCC3)nc2)CN1. The van der Waals surface area contributed by atoms with E-state index in [1.807, 2.05) is 0 Å². The third kappa shape index (κ3) is 3.52. The number of anilines is 2. The number of amides is 2. The van der Waals surface area contributed by atoms with Gasteiger partial charge in [-0.1, -0.05) is 0 Å². The highest BCUT2D eigenvalue weighted by Crippen LogP contribution is 2.17. The Kier molecular flexibility index (Phi) is 4.50. The summed E-state index contributed by atoms with van der Waals surface area (Å²) in [5.74, 6) is 0.467. The van der Waals surface area contributed by atoms with Crippen LogP contribution in [0.25, 0.3) is 0 Å². The van der Waals surface area contributed by atoms with Gasteiger partial charge in [0.15, 0.2) is 0 Å². The molecule has 7 heteroatoms. The molecule has 0 saturated carbocycles. The molecule has 0 radical (unpaired) electrons. The van der Waals surface area contributed by atoms with Crippen LogP contribution in [0.15, 0.2) is 12.4 Å². The molecule has 0 aliphatic carbocycles. The maximum absolute atomic E-state index is 12.1. The number of aromatic nitrogens is 2. The average molecular weight is 303 g/mol. The van der Waals surface area contributed by atoms with E-state index in [1.54, 1.807) is 12.4 Å². The summed E-state index contributed by atoms with van der Waals surface area (Å²) in [7, 11) is 0. The number of nitrogens with zero attached hydrogens (tertiary/aromatic N) is 3. The van der Waals surface area contributed by atoms with E-state index in [9.17, 15) is 9.59 Å². The zero-order valence-corrected chi connectivity index (χ0v) is 12.5. The molecule has 2 N–H and O–H groups in total. The average Bonchev–Trinajstić information content (AvgIpc) is 2.57. The Morgan fingerprint density at radius 1 is 1.23 bits per heavy atom. The predicted octanol–water partition coefficient (Wildman–Crippen LogP) is 0.932. The van der Waals surface area contributed by atoms with Crippen molar-refractivity contribution in [3.8, 4) is 0 Å². The van der Waals surface area contributed by atoms with Crippen molar-refractivity contribution in [3.63, 3.8) is 0 Å². The van der Waals surface area contributed by atoms with E-state index in [0.717, 1.165) is 19.0 Å². The second-order valence-corrected chi connectivity index (χ2v) is 5.85. The highest BCUT2D eigenvalue weighted by Gasteiger charge is 2.24. The zero-order valence-electron chi connectivity index (χ0n) is 12.5. The highest BCUT2D eigenvalue weighted by molar-refractivity contribution is 5.93. The number of hydrogen-bond donors (Lipinski definition) is 2. The molecule has 2 aliphatic heterocycles. The van der Waals surface area contributed by atoms with E-state index in [2.05, 4.69) is 25.5 Å². The van der Waals surface area contributed by atoms with E-state index in [0.29, 0.717) is 25.1 Å². The molecule has 3 rings (SSSR count). The lowest BCUT2D eigenvalue weighted by atomic mass is 9.98. The van der Waals surface area contributed by atoms with Gasteiger partial charge in [0.1, 0.15) is 0 Å². The van der Waals surface area contributed by atoms with E-state index in [-0.39, 0.29) is 17.7 Å². The molecular formula is C15H21N5O2.